The van der Waals surface area contributed by atoms with Gasteiger partial charge in [-0.2, -0.15) is 0 Å². The second-order valence-corrected chi connectivity index (χ2v) is 9.15. The van der Waals surface area contributed by atoms with E-state index < -0.39 is 6.04 Å². The van der Waals surface area contributed by atoms with Crippen molar-refractivity contribution in [1.82, 2.24) is 14.5 Å². The molecule has 2 aromatic rings. The van der Waals surface area contributed by atoms with E-state index in [2.05, 4.69) is 37.9 Å². The Bertz CT molecular complexity index is 773. The summed E-state index contributed by atoms with van der Waals surface area (Å²) in [6.45, 7) is 9.31. The van der Waals surface area contributed by atoms with Crippen LogP contribution in [0.5, 0.6) is 0 Å². The van der Waals surface area contributed by atoms with Crippen LogP contribution in [0.3, 0.4) is 0 Å². The molecule has 2 N–H and O–H groups in total. The standard InChI is InChI=1S/C23H34N4O.2ClH/c1-23(2,3)19-10-7-12-27(13-11-19)22(28)21(24)14-20-16-26(17-25-20)15-18-8-5-4-6-9-18;;/h4-6,8-9,16-17,19,21H,7,10-15,24H2,1-3H3;2*1H/t19?,21-;;/m0../s1. The fourth-order valence-corrected chi connectivity index (χ4v) is 4.12. The molecule has 2 heterocycles. The van der Waals surface area contributed by atoms with Gasteiger partial charge >= 0.3 is 0 Å². The van der Waals surface area contributed by atoms with Gasteiger partial charge in [-0.25, -0.2) is 4.98 Å². The molecule has 5 nitrogen and oxygen atoms in total. The summed E-state index contributed by atoms with van der Waals surface area (Å²) in [5, 5.41) is 0. The number of hydrogen-bond donors (Lipinski definition) is 1. The van der Waals surface area contributed by atoms with Gasteiger partial charge in [0.1, 0.15) is 0 Å². The SMILES string of the molecule is CC(C)(C)C1CCCN(C(=O)[C@@H](N)Cc2cn(Cc3ccccc3)cn2)CC1.Cl.Cl. The number of amides is 1. The molecule has 0 aliphatic carbocycles. The number of benzene rings is 1. The predicted molar refractivity (Wildman–Crippen MR) is 127 cm³/mol. The molecular weight excluding hydrogens is 419 g/mol. The van der Waals surface area contributed by atoms with Gasteiger partial charge in [0.2, 0.25) is 5.91 Å². The third-order valence-electron chi connectivity index (χ3n) is 5.91. The van der Waals surface area contributed by atoms with Crippen molar-refractivity contribution in [3.05, 3.63) is 54.1 Å². The Morgan fingerprint density at radius 1 is 1.17 bits per heavy atom. The van der Waals surface area contributed by atoms with Crippen molar-refractivity contribution in [3.63, 3.8) is 0 Å². The van der Waals surface area contributed by atoms with Gasteiger partial charge in [-0.15, -0.1) is 24.8 Å². The number of carbonyl (C=O) groups is 1. The Morgan fingerprint density at radius 3 is 2.53 bits per heavy atom. The lowest BCUT2D eigenvalue weighted by Crippen LogP contribution is -2.45. The van der Waals surface area contributed by atoms with Crippen molar-refractivity contribution < 1.29 is 4.79 Å². The Hall–Kier alpha value is -1.56. The van der Waals surface area contributed by atoms with Gasteiger partial charge in [0.05, 0.1) is 18.1 Å². The highest BCUT2D eigenvalue weighted by Crippen LogP contribution is 2.34. The molecule has 168 valence electrons. The van der Waals surface area contributed by atoms with Crippen LogP contribution in [0, 0.1) is 11.3 Å². The number of imidazole rings is 1. The first kappa shape index (κ1) is 26.5. The third kappa shape index (κ3) is 7.29. The van der Waals surface area contributed by atoms with Crippen LogP contribution in [-0.4, -0.2) is 39.5 Å². The topological polar surface area (TPSA) is 64.2 Å². The first-order chi connectivity index (χ1) is 13.3. The van der Waals surface area contributed by atoms with E-state index in [0.717, 1.165) is 38.2 Å². The van der Waals surface area contributed by atoms with E-state index in [9.17, 15) is 4.79 Å². The number of halogens is 2. The van der Waals surface area contributed by atoms with Gasteiger partial charge < -0.3 is 15.2 Å². The van der Waals surface area contributed by atoms with Crippen LogP contribution in [0.15, 0.2) is 42.9 Å². The van der Waals surface area contributed by atoms with Crippen LogP contribution < -0.4 is 5.73 Å². The summed E-state index contributed by atoms with van der Waals surface area (Å²) in [5.74, 6) is 0.724. The monoisotopic (exact) mass is 454 g/mol. The summed E-state index contributed by atoms with van der Waals surface area (Å²) in [6.07, 6.45) is 7.61. The van der Waals surface area contributed by atoms with E-state index in [1.54, 1.807) is 0 Å². The lowest BCUT2D eigenvalue weighted by atomic mass is 9.77. The summed E-state index contributed by atoms with van der Waals surface area (Å²) >= 11 is 0. The minimum Gasteiger partial charge on any atom is -0.341 e. The van der Waals surface area contributed by atoms with Gasteiger partial charge in [-0.3, -0.25) is 4.79 Å². The molecule has 0 saturated carbocycles. The van der Waals surface area contributed by atoms with Crippen molar-refractivity contribution in [1.29, 1.82) is 0 Å². The molecule has 30 heavy (non-hydrogen) atoms. The normalized spacial score (nSPS) is 18.0. The first-order valence-corrected chi connectivity index (χ1v) is 10.4. The van der Waals surface area contributed by atoms with E-state index in [1.165, 1.54) is 12.0 Å². The molecule has 1 aromatic carbocycles. The molecule has 7 heteroatoms. The average molecular weight is 455 g/mol. The highest BCUT2D eigenvalue weighted by atomic mass is 35.5. The molecule has 0 bridgehead atoms. The average Bonchev–Trinajstić information content (AvgIpc) is 2.92. The molecule has 1 unspecified atom stereocenters. The van der Waals surface area contributed by atoms with E-state index in [-0.39, 0.29) is 30.7 Å². The number of nitrogens with zero attached hydrogens (tertiary/aromatic N) is 3. The molecule has 1 amide bonds. The van der Waals surface area contributed by atoms with Gasteiger partial charge in [0, 0.05) is 32.3 Å². The smallest absolute Gasteiger partial charge is 0.239 e. The van der Waals surface area contributed by atoms with Crippen molar-refractivity contribution in [2.75, 3.05) is 13.1 Å². The molecule has 0 spiro atoms. The molecule has 3 rings (SSSR count). The van der Waals surface area contributed by atoms with Crippen molar-refractivity contribution in [2.24, 2.45) is 17.1 Å². The van der Waals surface area contributed by atoms with Gasteiger partial charge in [-0.1, -0.05) is 51.1 Å². The van der Waals surface area contributed by atoms with Crippen LogP contribution in [-0.2, 0) is 17.8 Å². The minimum absolute atomic E-state index is 0. The molecule has 1 saturated heterocycles. The lowest BCUT2D eigenvalue weighted by molar-refractivity contribution is -0.132. The molecule has 1 aliphatic heterocycles. The molecule has 1 aliphatic rings. The Kier molecular flexibility index (Phi) is 10.4. The number of nitrogens with two attached hydrogens (primary N) is 1. The van der Waals surface area contributed by atoms with Crippen molar-refractivity contribution in [3.8, 4) is 0 Å². The van der Waals surface area contributed by atoms with Gasteiger partial charge in [-0.05, 0) is 36.2 Å². The van der Waals surface area contributed by atoms with Crippen LogP contribution >= 0.6 is 24.8 Å². The fraction of sp³-hybridized carbons (Fsp3) is 0.565. The predicted octanol–water partition coefficient (Wildman–Crippen LogP) is 4.32. The second-order valence-electron chi connectivity index (χ2n) is 9.15. The number of hydrogen-bond acceptors (Lipinski definition) is 3. The first-order valence-electron chi connectivity index (χ1n) is 10.4. The van der Waals surface area contributed by atoms with Crippen molar-refractivity contribution in [2.45, 2.75) is 59.0 Å². The minimum atomic E-state index is -0.522. The quantitative estimate of drug-likeness (QED) is 0.731. The van der Waals surface area contributed by atoms with Gasteiger partial charge in [0.15, 0.2) is 0 Å². The maximum Gasteiger partial charge on any atom is 0.239 e. The highest BCUT2D eigenvalue weighted by molar-refractivity contribution is 5.85. The molecule has 1 fully saturated rings. The third-order valence-corrected chi connectivity index (χ3v) is 5.91. The summed E-state index contributed by atoms with van der Waals surface area (Å²) in [4.78, 5) is 19.3. The van der Waals surface area contributed by atoms with Crippen LogP contribution in [0.1, 0.15) is 51.3 Å². The van der Waals surface area contributed by atoms with Gasteiger partial charge in [0.25, 0.3) is 0 Å². The van der Waals surface area contributed by atoms with E-state index in [1.807, 2.05) is 40.2 Å². The summed E-state index contributed by atoms with van der Waals surface area (Å²) < 4.78 is 2.04. The summed E-state index contributed by atoms with van der Waals surface area (Å²) in [5.41, 5.74) is 8.67. The maximum absolute atomic E-state index is 12.9. The largest absolute Gasteiger partial charge is 0.341 e. The molecule has 0 radical (unpaired) electrons. The summed E-state index contributed by atoms with van der Waals surface area (Å²) in [6, 6.07) is 9.75. The molecule has 2 atom stereocenters. The highest BCUT2D eigenvalue weighted by Gasteiger charge is 2.30. The van der Waals surface area contributed by atoms with E-state index in [4.69, 9.17) is 5.73 Å². The molecular formula is C23H36Cl2N4O. The molecule has 1 aromatic heterocycles. The number of aromatic nitrogens is 2. The van der Waals surface area contributed by atoms with Crippen LogP contribution in [0.25, 0.3) is 0 Å². The Morgan fingerprint density at radius 2 is 1.87 bits per heavy atom. The van der Waals surface area contributed by atoms with E-state index >= 15 is 0 Å². The zero-order valence-electron chi connectivity index (χ0n) is 18.3. The maximum atomic E-state index is 12.9. The fourth-order valence-electron chi connectivity index (χ4n) is 4.12. The van der Waals surface area contributed by atoms with Crippen LogP contribution in [0.4, 0.5) is 0 Å². The summed E-state index contributed by atoms with van der Waals surface area (Å²) in [7, 11) is 0. The Balaban J connectivity index is 0.00000225. The second kappa shape index (κ2) is 11.7. The van der Waals surface area contributed by atoms with Crippen molar-refractivity contribution >= 4 is 30.7 Å². The lowest BCUT2D eigenvalue weighted by Gasteiger charge is -2.30. The zero-order chi connectivity index (χ0) is 20.1. The number of carbonyl (C=O) groups excluding carboxylic acids is 1. The number of likely N-dealkylation sites (tertiary alicyclic amines) is 1. The van der Waals surface area contributed by atoms with E-state index in [0.29, 0.717) is 17.8 Å². The van der Waals surface area contributed by atoms with Crippen LogP contribution in [0.2, 0.25) is 0 Å². The zero-order valence-corrected chi connectivity index (χ0v) is 19.9. The number of rotatable bonds is 5. The Labute approximate surface area is 193 Å².